The highest BCUT2D eigenvalue weighted by atomic mass is 31.3. The summed E-state index contributed by atoms with van der Waals surface area (Å²) in [7, 11) is -16.2. The molecule has 1 aromatic heterocycles. The van der Waals surface area contributed by atoms with Crippen LogP contribution < -0.4 is 11.0 Å². The van der Waals surface area contributed by atoms with Gasteiger partial charge >= 0.3 is 29.2 Å². The molecule has 0 saturated heterocycles. The average Bonchev–Trinajstić information content (AvgIpc) is 2.64. The molecule has 0 aliphatic heterocycles. The largest absolute Gasteiger partial charge is 0.490 e. The molecule has 7 N–H and O–H groups in total. The van der Waals surface area contributed by atoms with Crippen molar-refractivity contribution in [2.45, 2.75) is 53.4 Å². The Kier molecular flexibility index (Phi) is 15.5. The first-order valence-corrected chi connectivity index (χ1v) is 15.0. The summed E-state index contributed by atoms with van der Waals surface area (Å²) in [5, 5.41) is 3.16. The van der Waals surface area contributed by atoms with Gasteiger partial charge in [-0.05, 0) is 59.4 Å². The van der Waals surface area contributed by atoms with Gasteiger partial charge in [0.15, 0.2) is 0 Å². The number of anilines is 1. The summed E-state index contributed by atoms with van der Waals surface area (Å²) >= 11 is 0. The molecule has 1 rings (SSSR count). The van der Waals surface area contributed by atoms with Crippen molar-refractivity contribution in [3.63, 3.8) is 0 Å². The first-order chi connectivity index (χ1) is 16.4. The predicted molar refractivity (Wildman–Crippen MR) is 135 cm³/mol. The lowest BCUT2D eigenvalue weighted by Gasteiger charge is -2.11. The Hall–Kier alpha value is -1.69. The normalized spacial score (nSPS) is 13.0. The van der Waals surface area contributed by atoms with Crippen LogP contribution in [-0.4, -0.2) is 41.0 Å². The van der Waals surface area contributed by atoms with E-state index in [1.54, 1.807) is 6.07 Å². The highest BCUT2D eigenvalue weighted by molar-refractivity contribution is 7.66. The van der Waals surface area contributed by atoms with E-state index in [4.69, 9.17) is 24.5 Å². The SMILES string of the molecule is CC(C)=CCCC(C)=CCCC(C)=CCNc1ccnc(=O)[nH]1.O=P(O)(O)OP(=O)(O)OP(=O)(O)O. The van der Waals surface area contributed by atoms with Crippen LogP contribution in [0.1, 0.15) is 53.4 Å². The number of hydrogen-bond acceptors (Lipinski definition) is 8. The molecule has 0 spiro atoms. The van der Waals surface area contributed by atoms with Gasteiger partial charge in [0.1, 0.15) is 5.82 Å². The standard InChI is InChI=1S/C19H29N3O.H5O10P3/c1-15(2)7-5-8-16(3)9-6-10-17(4)11-13-20-18-12-14-21-19(23)22-18;1-11(2,3)9-13(7,8)10-12(4,5)6/h7,9,11-12,14H,5-6,8,10,13H2,1-4H3,(H2,20,21,22,23);(H,7,8)(H2,1,2,3)(H2,4,5,6). The zero-order valence-corrected chi connectivity index (χ0v) is 23.1. The van der Waals surface area contributed by atoms with E-state index in [0.717, 1.165) is 25.7 Å². The van der Waals surface area contributed by atoms with E-state index in [1.165, 1.54) is 22.9 Å². The minimum absolute atomic E-state index is 0.329. The van der Waals surface area contributed by atoms with Crippen molar-refractivity contribution in [2.24, 2.45) is 0 Å². The number of allylic oxidation sites excluding steroid dienone is 5. The quantitative estimate of drug-likeness (QED) is 0.131. The Morgan fingerprint density at radius 1 is 0.917 bits per heavy atom. The highest BCUT2D eigenvalue weighted by Gasteiger charge is 2.38. The molecule has 0 bridgehead atoms. The molecular formula is C19H34N3O11P3. The summed E-state index contributed by atoms with van der Waals surface area (Å²) in [5.74, 6) is 0.698. The summed E-state index contributed by atoms with van der Waals surface area (Å²) in [6.45, 7) is 9.34. The van der Waals surface area contributed by atoms with E-state index < -0.39 is 23.5 Å². The molecule has 0 fully saturated rings. The van der Waals surface area contributed by atoms with Crippen molar-refractivity contribution >= 4 is 29.3 Å². The number of nitrogens with zero attached hydrogens (tertiary/aromatic N) is 1. The monoisotopic (exact) mass is 573 g/mol. The van der Waals surface area contributed by atoms with Gasteiger partial charge in [-0.2, -0.15) is 8.62 Å². The Labute approximate surface area is 209 Å². The molecule has 0 aromatic carbocycles. The topological polar surface area (TPSA) is 229 Å². The molecule has 36 heavy (non-hydrogen) atoms. The van der Waals surface area contributed by atoms with E-state index in [9.17, 15) is 18.5 Å². The number of phosphoric acid groups is 3. The molecular weight excluding hydrogens is 539 g/mol. The Balaban J connectivity index is 0.000000802. The minimum atomic E-state index is -5.46. The molecule has 14 nitrogen and oxygen atoms in total. The van der Waals surface area contributed by atoms with Crippen molar-refractivity contribution in [1.29, 1.82) is 0 Å². The molecule has 0 aliphatic carbocycles. The maximum Gasteiger partial charge on any atom is 0.490 e. The van der Waals surface area contributed by atoms with Gasteiger partial charge in [-0.3, -0.25) is 4.98 Å². The zero-order valence-electron chi connectivity index (χ0n) is 20.4. The van der Waals surface area contributed by atoms with Gasteiger partial charge in [-0.1, -0.05) is 34.9 Å². The van der Waals surface area contributed by atoms with Crippen LogP contribution in [0.3, 0.4) is 0 Å². The van der Waals surface area contributed by atoms with Crippen LogP contribution in [0.5, 0.6) is 0 Å². The summed E-state index contributed by atoms with van der Waals surface area (Å²) in [6, 6.07) is 1.75. The minimum Gasteiger partial charge on any atom is -0.368 e. The third kappa shape index (κ3) is 21.6. The second-order valence-corrected chi connectivity index (χ2v) is 11.9. The molecule has 0 saturated carbocycles. The van der Waals surface area contributed by atoms with Crippen LogP contribution in [0.25, 0.3) is 0 Å². The Bertz CT molecular complexity index is 1090. The van der Waals surface area contributed by atoms with E-state index in [1.807, 2.05) is 0 Å². The summed E-state index contributed by atoms with van der Waals surface area (Å²) < 4.78 is 36.4. The summed E-state index contributed by atoms with van der Waals surface area (Å²) in [4.78, 5) is 57.5. The second-order valence-electron chi connectivity index (χ2n) is 7.74. The molecule has 1 heterocycles. The number of hydrogen-bond donors (Lipinski definition) is 7. The van der Waals surface area contributed by atoms with Crippen LogP contribution in [0.15, 0.2) is 52.0 Å². The zero-order chi connectivity index (χ0) is 28.0. The second kappa shape index (κ2) is 16.2. The van der Waals surface area contributed by atoms with E-state index in [-0.39, 0.29) is 5.69 Å². The molecule has 1 aromatic rings. The number of rotatable bonds is 13. The number of nitrogens with one attached hydrogen (secondary N) is 2. The van der Waals surface area contributed by atoms with Crippen LogP contribution in [0.4, 0.5) is 5.82 Å². The predicted octanol–water partition coefficient (Wildman–Crippen LogP) is 3.91. The number of aromatic amines is 1. The van der Waals surface area contributed by atoms with Crippen molar-refractivity contribution in [3.8, 4) is 0 Å². The van der Waals surface area contributed by atoms with Gasteiger partial charge in [0.05, 0.1) is 0 Å². The smallest absolute Gasteiger partial charge is 0.368 e. The van der Waals surface area contributed by atoms with Crippen LogP contribution in [0, 0.1) is 0 Å². The lowest BCUT2D eigenvalue weighted by atomic mass is 10.1. The maximum absolute atomic E-state index is 11.1. The molecule has 0 unspecified atom stereocenters. The van der Waals surface area contributed by atoms with Gasteiger partial charge in [-0.25, -0.2) is 23.5 Å². The first-order valence-electron chi connectivity index (χ1n) is 10.5. The van der Waals surface area contributed by atoms with E-state index in [2.05, 4.69) is 69.8 Å². The lowest BCUT2D eigenvalue weighted by molar-refractivity contribution is 0.204. The van der Waals surface area contributed by atoms with E-state index >= 15 is 0 Å². The van der Waals surface area contributed by atoms with Gasteiger partial charge in [0.25, 0.3) is 0 Å². The number of H-pyrrole nitrogens is 1. The molecule has 206 valence electrons. The molecule has 0 atom stereocenters. The van der Waals surface area contributed by atoms with Gasteiger partial charge < -0.3 is 29.8 Å². The summed E-state index contributed by atoms with van der Waals surface area (Å²) in [6.07, 6.45) is 12.7. The molecule has 0 radical (unpaired) electrons. The Morgan fingerprint density at radius 3 is 1.89 bits per heavy atom. The highest BCUT2D eigenvalue weighted by Crippen LogP contribution is 2.64. The fraction of sp³-hybridized carbons (Fsp3) is 0.474. The van der Waals surface area contributed by atoms with Crippen LogP contribution in [-0.2, 0) is 22.3 Å². The fourth-order valence-corrected chi connectivity index (χ4v) is 4.97. The molecule has 17 heteroatoms. The van der Waals surface area contributed by atoms with Crippen LogP contribution >= 0.6 is 23.5 Å². The van der Waals surface area contributed by atoms with Crippen molar-refractivity contribution < 1.29 is 46.8 Å². The van der Waals surface area contributed by atoms with E-state index in [0.29, 0.717) is 12.4 Å². The van der Waals surface area contributed by atoms with Crippen molar-refractivity contribution in [1.82, 2.24) is 9.97 Å². The first kappa shape index (κ1) is 34.3. The summed E-state index contributed by atoms with van der Waals surface area (Å²) in [5.41, 5.74) is 3.87. The third-order valence-electron chi connectivity index (χ3n) is 3.96. The lowest BCUT2D eigenvalue weighted by Crippen LogP contribution is -2.12. The number of aromatic nitrogens is 2. The van der Waals surface area contributed by atoms with Gasteiger partial charge in [-0.15, -0.1) is 0 Å². The molecule has 0 aliphatic rings. The average molecular weight is 573 g/mol. The maximum atomic E-state index is 11.1. The van der Waals surface area contributed by atoms with Gasteiger partial charge in [0, 0.05) is 12.7 Å². The molecule has 0 amide bonds. The third-order valence-corrected chi connectivity index (χ3v) is 7.31. The van der Waals surface area contributed by atoms with Gasteiger partial charge in [0.2, 0.25) is 0 Å². The Morgan fingerprint density at radius 2 is 1.42 bits per heavy atom. The van der Waals surface area contributed by atoms with Crippen molar-refractivity contribution in [3.05, 3.63) is 57.7 Å². The van der Waals surface area contributed by atoms with Crippen molar-refractivity contribution in [2.75, 3.05) is 11.9 Å². The van der Waals surface area contributed by atoms with Crippen LogP contribution in [0.2, 0.25) is 0 Å². The fourth-order valence-electron chi connectivity index (χ4n) is 2.43.